The molecule has 2 aromatic carbocycles. The molecule has 0 aromatic heterocycles. The van der Waals surface area contributed by atoms with Gasteiger partial charge in [0.15, 0.2) is 0 Å². The fourth-order valence-corrected chi connectivity index (χ4v) is 3.23. The van der Waals surface area contributed by atoms with Gasteiger partial charge in [0.25, 0.3) is 5.91 Å². The first kappa shape index (κ1) is 17.2. The summed E-state index contributed by atoms with van der Waals surface area (Å²) in [6.45, 7) is 0.269. The minimum Gasteiger partial charge on any atom is -0.545 e. The molecule has 0 radical (unpaired) electrons. The molecule has 1 aliphatic heterocycles. The van der Waals surface area contributed by atoms with E-state index in [9.17, 15) is 14.7 Å². The number of hydrogen-bond acceptors (Lipinski definition) is 6. The van der Waals surface area contributed by atoms with Gasteiger partial charge in [-0.1, -0.05) is 66.4 Å². The summed E-state index contributed by atoms with van der Waals surface area (Å²) in [5.74, 6) is -0.817. The molecule has 7 heteroatoms. The third-order valence-electron chi connectivity index (χ3n) is 3.43. The first-order valence-corrected chi connectivity index (χ1v) is 8.52. The Bertz CT molecular complexity index is 875. The van der Waals surface area contributed by atoms with Crippen molar-refractivity contribution < 1.29 is 19.4 Å². The zero-order chi connectivity index (χ0) is 17.8. The Hall–Kier alpha value is -2.64. The number of hydrogen-bond donors (Lipinski definition) is 1. The molecule has 0 spiro atoms. The number of para-hydroxylation sites is 1. The number of aromatic carboxylic acids is 1. The van der Waals surface area contributed by atoms with Gasteiger partial charge in [-0.15, -0.1) is 0 Å². The maximum Gasteiger partial charge on any atom is 0.263 e. The van der Waals surface area contributed by atoms with Crippen LogP contribution in [0.5, 0.6) is 5.75 Å². The Morgan fingerprint density at radius 1 is 1.20 bits per heavy atom. The predicted octanol–water partition coefficient (Wildman–Crippen LogP) is 2.12. The molecule has 126 valence electrons. The van der Waals surface area contributed by atoms with Crippen molar-refractivity contribution in [2.24, 2.45) is 0 Å². The third kappa shape index (κ3) is 4.26. The smallest absolute Gasteiger partial charge is 0.263 e. The molecule has 0 aliphatic carbocycles. The van der Waals surface area contributed by atoms with Gasteiger partial charge in [0.1, 0.15) is 16.7 Å². The number of ether oxygens (including phenoxy) is 1. The summed E-state index contributed by atoms with van der Waals surface area (Å²) in [5, 5.41) is 13.3. The number of carbonyl (C=O) groups excluding carboxylic acids is 2. The monoisotopic (exact) mass is 370 g/mol. The number of nitrogens with one attached hydrogen (secondary N) is 1. The first-order valence-electron chi connectivity index (χ1n) is 7.30. The quantitative estimate of drug-likeness (QED) is 0.642. The van der Waals surface area contributed by atoms with Gasteiger partial charge in [-0.2, -0.15) is 0 Å². The summed E-state index contributed by atoms with van der Waals surface area (Å²) in [6.07, 6.45) is 1.73. The highest BCUT2D eigenvalue weighted by molar-refractivity contribution is 8.26. The number of benzene rings is 2. The maximum atomic E-state index is 11.8. The van der Waals surface area contributed by atoms with Crippen molar-refractivity contribution in [3.05, 3.63) is 70.1 Å². The van der Waals surface area contributed by atoms with E-state index in [2.05, 4.69) is 5.32 Å². The van der Waals surface area contributed by atoms with Gasteiger partial charge >= 0.3 is 0 Å². The van der Waals surface area contributed by atoms with Gasteiger partial charge in [0, 0.05) is 5.56 Å². The largest absolute Gasteiger partial charge is 0.545 e. The fraction of sp³-hybridized carbons (Fsp3) is 0.0556. The lowest BCUT2D eigenvalue weighted by Crippen LogP contribution is -2.22. The molecule has 1 amide bonds. The molecule has 3 rings (SSSR count). The molecule has 1 aliphatic rings. The molecular formula is C18H12NO4S2-. The molecule has 0 unspecified atom stereocenters. The first-order chi connectivity index (χ1) is 12.0. The lowest BCUT2D eigenvalue weighted by molar-refractivity contribution is -0.255. The predicted molar refractivity (Wildman–Crippen MR) is 97.9 cm³/mol. The Morgan fingerprint density at radius 2 is 1.92 bits per heavy atom. The highest BCUT2D eigenvalue weighted by Crippen LogP contribution is 2.29. The molecule has 0 bridgehead atoms. The average Bonchev–Trinajstić information content (AvgIpc) is 2.91. The van der Waals surface area contributed by atoms with Gasteiger partial charge in [0.2, 0.25) is 0 Å². The average molecular weight is 370 g/mol. The van der Waals surface area contributed by atoms with Crippen LogP contribution in [0.25, 0.3) is 6.08 Å². The number of carboxylic acid groups (broad SMARTS) is 1. The van der Waals surface area contributed by atoms with Crippen LogP contribution in [-0.4, -0.2) is 16.2 Å². The Labute approximate surface area is 153 Å². The molecule has 5 nitrogen and oxygen atoms in total. The van der Waals surface area contributed by atoms with Crippen molar-refractivity contribution in [3.8, 4) is 5.75 Å². The van der Waals surface area contributed by atoms with E-state index >= 15 is 0 Å². The van der Waals surface area contributed by atoms with Gasteiger partial charge in [-0.25, -0.2) is 0 Å². The molecule has 1 fully saturated rings. The SMILES string of the molecule is O=C1NC(=S)S/C1=C\c1ccccc1OCc1ccc(C(=O)[O-])cc1. The van der Waals surface area contributed by atoms with Gasteiger partial charge in [-0.3, -0.25) is 4.79 Å². The van der Waals surface area contributed by atoms with Crippen LogP contribution in [0, 0.1) is 0 Å². The normalized spacial score (nSPS) is 15.3. The minimum atomic E-state index is -1.21. The van der Waals surface area contributed by atoms with Crippen LogP contribution in [0.15, 0.2) is 53.4 Å². The van der Waals surface area contributed by atoms with E-state index in [1.807, 2.05) is 18.2 Å². The second-order valence-corrected chi connectivity index (χ2v) is 6.88. The maximum absolute atomic E-state index is 11.8. The summed E-state index contributed by atoms with van der Waals surface area (Å²) in [4.78, 5) is 23.1. The van der Waals surface area contributed by atoms with Gasteiger partial charge < -0.3 is 20.0 Å². The van der Waals surface area contributed by atoms with Crippen molar-refractivity contribution in [2.75, 3.05) is 0 Å². The van der Waals surface area contributed by atoms with Crippen molar-refractivity contribution in [3.63, 3.8) is 0 Å². The van der Waals surface area contributed by atoms with E-state index in [1.54, 1.807) is 24.3 Å². The third-order valence-corrected chi connectivity index (χ3v) is 4.59. The summed E-state index contributed by atoms with van der Waals surface area (Å²) in [7, 11) is 0. The second kappa shape index (κ2) is 7.50. The highest BCUT2D eigenvalue weighted by Gasteiger charge is 2.22. The van der Waals surface area contributed by atoms with Crippen molar-refractivity contribution in [1.29, 1.82) is 0 Å². The summed E-state index contributed by atoms with van der Waals surface area (Å²) in [5.41, 5.74) is 1.70. The van der Waals surface area contributed by atoms with E-state index in [0.717, 1.165) is 11.1 Å². The standard InChI is InChI=1S/C18H13NO4S2/c20-16-15(25-18(24)19-16)9-13-3-1-2-4-14(13)23-10-11-5-7-12(8-6-11)17(21)22/h1-9H,10H2,(H,21,22)(H,19,20,24)/p-1/b15-9-. The van der Waals surface area contributed by atoms with E-state index < -0.39 is 5.97 Å². The van der Waals surface area contributed by atoms with Crippen LogP contribution in [0.4, 0.5) is 0 Å². The molecule has 0 saturated carbocycles. The van der Waals surface area contributed by atoms with Crippen LogP contribution < -0.4 is 15.2 Å². The molecule has 0 atom stereocenters. The Kier molecular flexibility index (Phi) is 5.16. The zero-order valence-electron chi connectivity index (χ0n) is 12.9. The number of thioether (sulfide) groups is 1. The number of thiocarbonyl (C=S) groups is 1. The number of rotatable bonds is 5. The Balaban J connectivity index is 1.75. The molecule has 1 saturated heterocycles. The minimum absolute atomic E-state index is 0.120. The second-order valence-electron chi connectivity index (χ2n) is 5.16. The fourth-order valence-electron chi connectivity index (χ4n) is 2.19. The van der Waals surface area contributed by atoms with Crippen LogP contribution >= 0.6 is 24.0 Å². The van der Waals surface area contributed by atoms with Crippen molar-refractivity contribution >= 4 is 46.3 Å². The number of carbonyl (C=O) groups is 2. The number of amides is 1. The molecular weight excluding hydrogens is 358 g/mol. The van der Waals surface area contributed by atoms with Gasteiger partial charge in [-0.05, 0) is 23.3 Å². The van der Waals surface area contributed by atoms with E-state index in [4.69, 9.17) is 17.0 Å². The number of carboxylic acids is 1. The van der Waals surface area contributed by atoms with Gasteiger partial charge in [0.05, 0.1) is 10.9 Å². The van der Waals surface area contributed by atoms with Crippen LogP contribution in [0.2, 0.25) is 0 Å². The molecule has 25 heavy (non-hydrogen) atoms. The van der Waals surface area contributed by atoms with E-state index in [-0.39, 0.29) is 18.1 Å². The lowest BCUT2D eigenvalue weighted by Gasteiger charge is -2.10. The Morgan fingerprint density at radius 3 is 2.56 bits per heavy atom. The van der Waals surface area contributed by atoms with Crippen LogP contribution in [-0.2, 0) is 11.4 Å². The van der Waals surface area contributed by atoms with E-state index in [0.29, 0.717) is 15.0 Å². The van der Waals surface area contributed by atoms with Crippen LogP contribution in [0.3, 0.4) is 0 Å². The molecule has 1 heterocycles. The summed E-state index contributed by atoms with van der Waals surface area (Å²) in [6, 6.07) is 13.6. The lowest BCUT2D eigenvalue weighted by atomic mass is 10.1. The zero-order valence-corrected chi connectivity index (χ0v) is 14.5. The topological polar surface area (TPSA) is 78.5 Å². The van der Waals surface area contributed by atoms with Crippen molar-refractivity contribution in [1.82, 2.24) is 5.32 Å². The molecule has 2 aromatic rings. The molecule has 1 N–H and O–H groups in total. The summed E-state index contributed by atoms with van der Waals surface area (Å²) < 4.78 is 6.25. The van der Waals surface area contributed by atoms with E-state index in [1.165, 1.54) is 23.9 Å². The highest BCUT2D eigenvalue weighted by atomic mass is 32.2. The summed E-state index contributed by atoms with van der Waals surface area (Å²) >= 11 is 6.19. The van der Waals surface area contributed by atoms with Crippen LogP contribution in [0.1, 0.15) is 21.5 Å². The van der Waals surface area contributed by atoms with Crippen molar-refractivity contribution in [2.45, 2.75) is 6.61 Å².